The molecule has 4 heteroatoms. The maximum Gasteiger partial charge on any atom is 0.307 e. The van der Waals surface area contributed by atoms with Crippen LogP contribution in [0.5, 0.6) is 0 Å². The summed E-state index contributed by atoms with van der Waals surface area (Å²) in [5.41, 5.74) is 0. The highest BCUT2D eigenvalue weighted by Gasteiger charge is 2.25. The summed E-state index contributed by atoms with van der Waals surface area (Å²) in [5, 5.41) is 11.5. The van der Waals surface area contributed by atoms with Crippen molar-refractivity contribution in [3.05, 3.63) is 0 Å². The molecule has 2 N–H and O–H groups in total. The number of amides is 1. The van der Waals surface area contributed by atoms with E-state index in [9.17, 15) is 9.59 Å². The third-order valence-corrected chi connectivity index (χ3v) is 2.88. The van der Waals surface area contributed by atoms with Crippen molar-refractivity contribution < 1.29 is 14.7 Å². The molecule has 2 atom stereocenters. The molecule has 0 radical (unpaired) electrons. The van der Waals surface area contributed by atoms with E-state index in [1.807, 2.05) is 0 Å². The Morgan fingerprint density at radius 1 is 1.12 bits per heavy atom. The number of carbonyl (C=O) groups is 2. The third kappa shape index (κ3) is 5.73. The number of carboxylic acids is 1. The summed E-state index contributed by atoms with van der Waals surface area (Å²) < 4.78 is 0. The van der Waals surface area contributed by atoms with Gasteiger partial charge in [0.05, 0.1) is 5.92 Å². The SMILES string of the molecule is CCCCCCNC(=O)C(C)C(C)C(=O)O. The number of hydrogen-bond donors (Lipinski definition) is 2. The Hall–Kier alpha value is -1.06. The van der Waals surface area contributed by atoms with Crippen LogP contribution in [0.15, 0.2) is 0 Å². The van der Waals surface area contributed by atoms with Gasteiger partial charge in [0.1, 0.15) is 0 Å². The highest BCUT2D eigenvalue weighted by atomic mass is 16.4. The van der Waals surface area contributed by atoms with Gasteiger partial charge in [-0.25, -0.2) is 0 Å². The van der Waals surface area contributed by atoms with Gasteiger partial charge in [0.25, 0.3) is 0 Å². The Balaban J connectivity index is 3.75. The number of carbonyl (C=O) groups excluding carboxylic acids is 1. The highest BCUT2D eigenvalue weighted by molar-refractivity contribution is 5.84. The van der Waals surface area contributed by atoms with Gasteiger partial charge in [-0.1, -0.05) is 40.0 Å². The Labute approximate surface area is 97.4 Å². The lowest BCUT2D eigenvalue weighted by Crippen LogP contribution is -2.35. The number of unbranched alkanes of at least 4 members (excludes halogenated alkanes) is 3. The maximum atomic E-state index is 11.5. The van der Waals surface area contributed by atoms with Crippen LogP contribution in [0.25, 0.3) is 0 Å². The zero-order chi connectivity index (χ0) is 12.6. The van der Waals surface area contributed by atoms with Crippen LogP contribution < -0.4 is 5.32 Å². The molecule has 1 amide bonds. The Morgan fingerprint density at radius 2 is 1.75 bits per heavy atom. The molecular formula is C12H23NO3. The van der Waals surface area contributed by atoms with Gasteiger partial charge >= 0.3 is 5.97 Å². The van der Waals surface area contributed by atoms with Gasteiger partial charge in [0.2, 0.25) is 5.91 Å². The fraction of sp³-hybridized carbons (Fsp3) is 0.833. The molecule has 0 rings (SSSR count). The van der Waals surface area contributed by atoms with Crippen LogP contribution in [0.3, 0.4) is 0 Å². The summed E-state index contributed by atoms with van der Waals surface area (Å²) in [4.78, 5) is 22.2. The van der Waals surface area contributed by atoms with Gasteiger partial charge in [-0.15, -0.1) is 0 Å². The van der Waals surface area contributed by atoms with Crippen molar-refractivity contribution in [2.75, 3.05) is 6.54 Å². The largest absolute Gasteiger partial charge is 0.481 e. The Bertz CT molecular complexity index is 228. The summed E-state index contributed by atoms with van der Waals surface area (Å²) in [6.07, 6.45) is 4.42. The van der Waals surface area contributed by atoms with Gasteiger partial charge < -0.3 is 10.4 Å². The molecule has 16 heavy (non-hydrogen) atoms. The minimum Gasteiger partial charge on any atom is -0.481 e. The molecule has 0 bridgehead atoms. The number of aliphatic carboxylic acids is 1. The van der Waals surface area contributed by atoms with Crippen LogP contribution in [0.2, 0.25) is 0 Å². The summed E-state index contributed by atoms with van der Waals surface area (Å²) >= 11 is 0. The molecule has 0 heterocycles. The monoisotopic (exact) mass is 229 g/mol. The van der Waals surface area contributed by atoms with Crippen LogP contribution in [-0.2, 0) is 9.59 Å². The van der Waals surface area contributed by atoms with Gasteiger partial charge in [0, 0.05) is 12.5 Å². The fourth-order valence-electron chi connectivity index (χ4n) is 1.37. The second-order valence-electron chi connectivity index (χ2n) is 4.27. The predicted molar refractivity (Wildman–Crippen MR) is 63.1 cm³/mol. The van der Waals surface area contributed by atoms with Crippen molar-refractivity contribution >= 4 is 11.9 Å². The third-order valence-electron chi connectivity index (χ3n) is 2.88. The van der Waals surface area contributed by atoms with Crippen molar-refractivity contribution in [3.8, 4) is 0 Å². The first-order chi connectivity index (χ1) is 7.50. The molecule has 0 aromatic carbocycles. The van der Waals surface area contributed by atoms with Crippen LogP contribution in [0.1, 0.15) is 46.5 Å². The van der Waals surface area contributed by atoms with E-state index in [2.05, 4.69) is 12.2 Å². The van der Waals surface area contributed by atoms with Gasteiger partial charge in [-0.3, -0.25) is 9.59 Å². The first kappa shape index (κ1) is 14.9. The molecule has 0 saturated carbocycles. The van der Waals surface area contributed by atoms with E-state index in [0.717, 1.165) is 12.8 Å². The summed E-state index contributed by atoms with van der Waals surface area (Å²) in [5.74, 6) is -2.18. The predicted octanol–water partition coefficient (Wildman–Crippen LogP) is 2.04. The maximum absolute atomic E-state index is 11.5. The minimum atomic E-state index is -0.923. The molecule has 94 valence electrons. The van der Waals surface area contributed by atoms with E-state index in [-0.39, 0.29) is 5.91 Å². The summed E-state index contributed by atoms with van der Waals surface area (Å²) in [6.45, 7) is 5.99. The van der Waals surface area contributed by atoms with Crippen LogP contribution in [0.4, 0.5) is 0 Å². The second-order valence-corrected chi connectivity index (χ2v) is 4.27. The molecule has 0 aromatic rings. The van der Waals surface area contributed by atoms with E-state index in [1.54, 1.807) is 13.8 Å². The molecule has 4 nitrogen and oxygen atoms in total. The lowest BCUT2D eigenvalue weighted by atomic mass is 9.95. The second kappa shape index (κ2) is 8.13. The van der Waals surface area contributed by atoms with Crippen molar-refractivity contribution in [2.45, 2.75) is 46.5 Å². The van der Waals surface area contributed by atoms with E-state index in [4.69, 9.17) is 5.11 Å². The van der Waals surface area contributed by atoms with Gasteiger partial charge in [0.15, 0.2) is 0 Å². The molecule has 0 aliphatic heterocycles. The van der Waals surface area contributed by atoms with Crippen LogP contribution in [-0.4, -0.2) is 23.5 Å². The highest BCUT2D eigenvalue weighted by Crippen LogP contribution is 2.11. The fourth-order valence-corrected chi connectivity index (χ4v) is 1.37. The van der Waals surface area contributed by atoms with Crippen molar-refractivity contribution in [1.29, 1.82) is 0 Å². The zero-order valence-corrected chi connectivity index (χ0v) is 10.5. The number of carboxylic acid groups (broad SMARTS) is 1. The number of nitrogens with one attached hydrogen (secondary N) is 1. The van der Waals surface area contributed by atoms with Crippen molar-refractivity contribution in [3.63, 3.8) is 0 Å². The molecule has 0 fully saturated rings. The van der Waals surface area contributed by atoms with Gasteiger partial charge in [-0.2, -0.15) is 0 Å². The molecular weight excluding hydrogens is 206 g/mol. The summed E-state index contributed by atoms with van der Waals surface area (Å²) in [7, 11) is 0. The first-order valence-electron chi connectivity index (χ1n) is 6.01. The smallest absolute Gasteiger partial charge is 0.307 e. The number of hydrogen-bond acceptors (Lipinski definition) is 2. The normalized spacial score (nSPS) is 14.2. The zero-order valence-electron chi connectivity index (χ0n) is 10.5. The van der Waals surface area contributed by atoms with Crippen LogP contribution in [0, 0.1) is 11.8 Å². The minimum absolute atomic E-state index is 0.161. The number of rotatable bonds is 8. The molecule has 0 saturated heterocycles. The van der Waals surface area contributed by atoms with Gasteiger partial charge in [-0.05, 0) is 6.42 Å². The van der Waals surface area contributed by atoms with Crippen molar-refractivity contribution in [2.24, 2.45) is 11.8 Å². The molecule has 2 unspecified atom stereocenters. The van der Waals surface area contributed by atoms with E-state index < -0.39 is 17.8 Å². The van der Waals surface area contributed by atoms with E-state index in [0.29, 0.717) is 6.54 Å². The summed E-state index contributed by atoms with van der Waals surface area (Å²) in [6, 6.07) is 0. The molecule has 0 aromatic heterocycles. The van der Waals surface area contributed by atoms with E-state index >= 15 is 0 Å². The lowest BCUT2D eigenvalue weighted by Gasteiger charge is -2.15. The average molecular weight is 229 g/mol. The Morgan fingerprint density at radius 3 is 2.25 bits per heavy atom. The van der Waals surface area contributed by atoms with E-state index in [1.165, 1.54) is 12.8 Å². The molecule has 0 aliphatic rings. The molecule has 0 spiro atoms. The Kier molecular flexibility index (Phi) is 7.60. The lowest BCUT2D eigenvalue weighted by molar-refractivity contribution is -0.146. The standard InChI is InChI=1S/C12H23NO3/c1-4-5-6-7-8-13-11(14)9(2)10(3)12(15)16/h9-10H,4-8H2,1-3H3,(H,13,14)(H,15,16). The first-order valence-corrected chi connectivity index (χ1v) is 6.01. The topological polar surface area (TPSA) is 66.4 Å². The van der Waals surface area contributed by atoms with Crippen molar-refractivity contribution in [1.82, 2.24) is 5.32 Å². The quantitative estimate of drug-likeness (QED) is 0.626. The van der Waals surface area contributed by atoms with Crippen LogP contribution >= 0.6 is 0 Å². The average Bonchev–Trinajstić information content (AvgIpc) is 2.26. The molecule has 0 aliphatic carbocycles.